The highest BCUT2D eigenvalue weighted by molar-refractivity contribution is 7.47. The van der Waals surface area contributed by atoms with Crippen LogP contribution in [0.2, 0.25) is 0 Å². The smallest absolute Gasteiger partial charge is 0.462 e. The summed E-state index contributed by atoms with van der Waals surface area (Å²) in [7, 11) is -9.91. The zero-order valence-corrected chi connectivity index (χ0v) is 64.5. The molecule has 570 valence electrons. The molecular formula is C77H150O17P2. The van der Waals surface area contributed by atoms with Gasteiger partial charge in [-0.3, -0.25) is 37.3 Å². The van der Waals surface area contributed by atoms with Crippen molar-refractivity contribution in [1.29, 1.82) is 0 Å². The number of hydrogen-bond acceptors (Lipinski definition) is 15. The van der Waals surface area contributed by atoms with Crippen molar-refractivity contribution in [2.24, 2.45) is 11.8 Å². The minimum Gasteiger partial charge on any atom is -0.462 e. The van der Waals surface area contributed by atoms with E-state index in [9.17, 15) is 43.2 Å². The quantitative estimate of drug-likeness (QED) is 0.0222. The summed E-state index contributed by atoms with van der Waals surface area (Å²) in [6, 6.07) is 0. The Morgan fingerprint density at radius 1 is 0.281 bits per heavy atom. The number of esters is 4. The lowest BCUT2D eigenvalue weighted by Gasteiger charge is -2.21. The molecule has 0 spiro atoms. The molecule has 2 unspecified atom stereocenters. The van der Waals surface area contributed by atoms with E-state index in [4.69, 9.17) is 37.0 Å². The number of phosphoric acid groups is 2. The maximum Gasteiger partial charge on any atom is 0.472 e. The molecule has 0 aliphatic carbocycles. The molecule has 0 heterocycles. The van der Waals surface area contributed by atoms with E-state index >= 15 is 0 Å². The number of hydrogen-bond donors (Lipinski definition) is 3. The third-order valence-corrected chi connectivity index (χ3v) is 19.9. The van der Waals surface area contributed by atoms with Crippen LogP contribution >= 0.6 is 15.6 Å². The van der Waals surface area contributed by atoms with Crippen molar-refractivity contribution >= 4 is 39.5 Å². The largest absolute Gasteiger partial charge is 0.472 e. The minimum atomic E-state index is -4.96. The van der Waals surface area contributed by atoms with Gasteiger partial charge in [-0.1, -0.05) is 350 Å². The minimum absolute atomic E-state index is 0.104. The van der Waals surface area contributed by atoms with Gasteiger partial charge in [0.15, 0.2) is 12.2 Å². The summed E-state index contributed by atoms with van der Waals surface area (Å²) in [6.45, 7) is 9.54. The first-order valence-electron chi connectivity index (χ1n) is 40.0. The van der Waals surface area contributed by atoms with Gasteiger partial charge in [-0.05, 0) is 37.5 Å². The van der Waals surface area contributed by atoms with E-state index in [1.165, 1.54) is 218 Å². The van der Waals surface area contributed by atoms with Gasteiger partial charge in [-0.15, -0.1) is 0 Å². The van der Waals surface area contributed by atoms with E-state index < -0.39 is 97.5 Å². The normalized spacial score (nSPS) is 14.0. The van der Waals surface area contributed by atoms with Crippen molar-refractivity contribution in [2.45, 2.75) is 419 Å². The van der Waals surface area contributed by atoms with Crippen molar-refractivity contribution in [3.05, 3.63) is 0 Å². The Bertz CT molecular complexity index is 1860. The molecule has 0 fully saturated rings. The van der Waals surface area contributed by atoms with E-state index in [1.54, 1.807) is 0 Å². The number of ether oxygens (including phenoxy) is 4. The van der Waals surface area contributed by atoms with Crippen molar-refractivity contribution < 1.29 is 80.2 Å². The fourth-order valence-electron chi connectivity index (χ4n) is 11.8. The van der Waals surface area contributed by atoms with E-state index in [0.717, 1.165) is 95.8 Å². The van der Waals surface area contributed by atoms with Crippen LogP contribution in [0.1, 0.15) is 401 Å². The number of aliphatic hydroxyl groups is 1. The molecule has 96 heavy (non-hydrogen) atoms. The Hall–Kier alpha value is -1.94. The van der Waals surface area contributed by atoms with Crippen molar-refractivity contribution in [1.82, 2.24) is 0 Å². The highest BCUT2D eigenvalue weighted by atomic mass is 31.2. The average molecular weight is 1410 g/mol. The molecule has 0 rings (SSSR count). The molecule has 0 aliphatic heterocycles. The van der Waals surface area contributed by atoms with Gasteiger partial charge in [0.05, 0.1) is 26.4 Å². The number of aliphatic hydroxyl groups excluding tert-OH is 1. The molecule has 0 saturated heterocycles. The van der Waals surface area contributed by atoms with E-state index in [2.05, 4.69) is 41.5 Å². The van der Waals surface area contributed by atoms with Gasteiger partial charge in [0.2, 0.25) is 0 Å². The third-order valence-electron chi connectivity index (χ3n) is 18.0. The van der Waals surface area contributed by atoms with Crippen LogP contribution < -0.4 is 0 Å². The second-order valence-corrected chi connectivity index (χ2v) is 31.6. The molecule has 0 aromatic rings. The highest BCUT2D eigenvalue weighted by Crippen LogP contribution is 2.45. The first-order chi connectivity index (χ1) is 46.4. The maximum atomic E-state index is 13.1. The van der Waals surface area contributed by atoms with Crippen LogP contribution in [0.15, 0.2) is 0 Å². The second kappa shape index (κ2) is 68.8. The summed E-state index contributed by atoms with van der Waals surface area (Å²) in [5.74, 6) is -0.623. The maximum absolute atomic E-state index is 13.1. The Labute approximate surface area is 588 Å². The van der Waals surface area contributed by atoms with Crippen LogP contribution in [-0.2, 0) is 65.4 Å². The number of carbonyl (C=O) groups is 4. The zero-order valence-electron chi connectivity index (χ0n) is 62.7. The summed E-state index contributed by atoms with van der Waals surface area (Å²) in [4.78, 5) is 72.7. The van der Waals surface area contributed by atoms with E-state index in [1.807, 2.05) is 0 Å². The van der Waals surface area contributed by atoms with Gasteiger partial charge in [-0.2, -0.15) is 0 Å². The van der Waals surface area contributed by atoms with Gasteiger partial charge in [0, 0.05) is 25.7 Å². The Morgan fingerprint density at radius 3 is 0.708 bits per heavy atom. The molecule has 19 heteroatoms. The van der Waals surface area contributed by atoms with Gasteiger partial charge in [0.1, 0.15) is 19.3 Å². The van der Waals surface area contributed by atoms with Crippen molar-refractivity contribution in [2.75, 3.05) is 39.6 Å². The molecule has 3 N–H and O–H groups in total. The zero-order chi connectivity index (χ0) is 70.7. The summed E-state index contributed by atoms with van der Waals surface area (Å²) < 4.78 is 68.5. The van der Waals surface area contributed by atoms with Crippen molar-refractivity contribution in [3.8, 4) is 0 Å². The summed E-state index contributed by atoms with van der Waals surface area (Å²) in [6.07, 6.45) is 57.1. The third kappa shape index (κ3) is 70.5. The lowest BCUT2D eigenvalue weighted by Crippen LogP contribution is -2.30. The first kappa shape index (κ1) is 94.1. The van der Waals surface area contributed by atoms with Crippen LogP contribution in [0.4, 0.5) is 0 Å². The molecule has 0 aromatic heterocycles. The monoisotopic (exact) mass is 1410 g/mol. The van der Waals surface area contributed by atoms with E-state index in [-0.39, 0.29) is 25.7 Å². The highest BCUT2D eigenvalue weighted by Gasteiger charge is 2.30. The molecule has 17 nitrogen and oxygen atoms in total. The Morgan fingerprint density at radius 2 is 0.479 bits per heavy atom. The number of carbonyl (C=O) groups excluding carboxylic acids is 4. The molecule has 0 bridgehead atoms. The molecule has 0 aliphatic rings. The predicted octanol–water partition coefficient (Wildman–Crippen LogP) is 22.7. The summed E-state index contributed by atoms with van der Waals surface area (Å²) in [5, 5.41) is 10.6. The van der Waals surface area contributed by atoms with Gasteiger partial charge in [-0.25, -0.2) is 9.13 Å². The SMILES string of the molecule is CCCCCCCCCCCCCCCCCCCCCCC(=O)O[C@H](COC(=O)CCCCCCCCCCCCCCCCC(C)C)COP(=O)(O)OC[C@@H](O)COP(=O)(O)OC[C@@H](COC(=O)CCCCCCCCCCC)OC(=O)CCCCCCCCCC(C)C. The lowest BCUT2D eigenvalue weighted by atomic mass is 10.0. The number of rotatable bonds is 76. The van der Waals surface area contributed by atoms with Crippen LogP contribution in [0.3, 0.4) is 0 Å². The molecular weight excluding hydrogens is 1260 g/mol. The van der Waals surface area contributed by atoms with Crippen LogP contribution in [-0.4, -0.2) is 96.7 Å². The van der Waals surface area contributed by atoms with E-state index in [0.29, 0.717) is 31.6 Å². The standard InChI is InChI=1S/C77H150O17P2/c1-7-9-11-13-15-17-18-19-20-21-22-23-24-25-30-33-37-43-49-55-61-76(81)93-72(65-88-75(80)60-54-48-42-36-32-29-27-26-28-31-35-39-45-51-57-69(3)4)67-91-95(83,84)89-63-71(78)64-90-96(85,86)92-68-73(66-87-74(79)59-53-47-41-34-16-14-12-10-8-2)94-77(82)62-56-50-44-38-40-46-52-58-70(5)6/h69-73,78H,7-68H2,1-6H3,(H,83,84)(H,85,86)/t71-,72-,73-/m1/s1. The fourth-order valence-corrected chi connectivity index (χ4v) is 13.4. The molecule has 0 saturated carbocycles. The lowest BCUT2D eigenvalue weighted by molar-refractivity contribution is -0.161. The summed E-state index contributed by atoms with van der Waals surface area (Å²) in [5.41, 5.74) is 0. The first-order valence-corrected chi connectivity index (χ1v) is 43.0. The molecule has 0 aromatic carbocycles. The van der Waals surface area contributed by atoms with Crippen LogP contribution in [0.25, 0.3) is 0 Å². The average Bonchev–Trinajstić information content (AvgIpc) is 2.38. The molecule has 0 radical (unpaired) electrons. The predicted molar refractivity (Wildman–Crippen MR) is 391 cm³/mol. The Kier molecular flexibility index (Phi) is 67.4. The van der Waals surface area contributed by atoms with Gasteiger partial charge >= 0.3 is 39.5 Å². The topological polar surface area (TPSA) is 237 Å². The second-order valence-electron chi connectivity index (χ2n) is 28.7. The van der Waals surface area contributed by atoms with Crippen molar-refractivity contribution in [3.63, 3.8) is 0 Å². The Balaban J connectivity index is 5.19. The van der Waals surface area contributed by atoms with Gasteiger partial charge < -0.3 is 33.8 Å². The van der Waals surface area contributed by atoms with Crippen LogP contribution in [0.5, 0.6) is 0 Å². The molecule has 0 amide bonds. The summed E-state index contributed by atoms with van der Waals surface area (Å²) >= 11 is 0. The number of phosphoric ester groups is 2. The number of unbranched alkanes of at least 4 members (excludes halogenated alkanes) is 46. The fraction of sp³-hybridized carbons (Fsp3) is 0.948. The molecule has 5 atom stereocenters. The van der Waals surface area contributed by atoms with Crippen LogP contribution in [0, 0.1) is 11.8 Å². The van der Waals surface area contributed by atoms with Gasteiger partial charge in [0.25, 0.3) is 0 Å².